The molecule has 0 saturated carbocycles. The summed E-state index contributed by atoms with van der Waals surface area (Å²) >= 11 is 0. The number of hydrogen-bond acceptors (Lipinski definition) is 8. The molecule has 4 aromatic heterocycles. The number of aromatic nitrogens is 4. The normalized spacial score (nSPS) is 9.66. The number of nitrogens with zero attached hydrogens (tertiary/aromatic N) is 4. The molecular weight excluding hydrogens is 899 g/mol. The molecule has 10 rings (SSSR count). The minimum Gasteiger partial charge on any atom is -0.871 e. The van der Waals surface area contributed by atoms with Crippen molar-refractivity contribution in [3.05, 3.63) is 218 Å². The summed E-state index contributed by atoms with van der Waals surface area (Å²) in [5.41, 5.74) is 4.85. The van der Waals surface area contributed by atoms with Gasteiger partial charge >= 0.3 is 25.8 Å². The molecule has 0 amide bonds. The molecule has 8 nitrogen and oxygen atoms in total. The molecule has 0 aliphatic heterocycles. The minimum absolute atomic E-state index is 0. The zero-order valence-electron chi connectivity index (χ0n) is 32.6. The van der Waals surface area contributed by atoms with E-state index in [-0.39, 0.29) is 48.8 Å². The first-order valence-corrected chi connectivity index (χ1v) is 18.4. The van der Waals surface area contributed by atoms with E-state index >= 15 is 0 Å². The van der Waals surface area contributed by atoms with Crippen LogP contribution < -0.4 is 20.4 Å². The van der Waals surface area contributed by atoms with Crippen molar-refractivity contribution < 1.29 is 46.3 Å². The van der Waals surface area contributed by atoms with Gasteiger partial charge in [-0.15, -0.1) is 0 Å². The van der Waals surface area contributed by atoms with Crippen molar-refractivity contribution in [2.24, 2.45) is 0 Å². The molecule has 9 heteroatoms. The Balaban J connectivity index is 0.000000157. The zero-order valence-corrected chi connectivity index (χ0v) is 36.1. The van der Waals surface area contributed by atoms with Gasteiger partial charge in [0, 0.05) is 24.8 Å². The average molecular weight is 939 g/mol. The molecule has 0 aliphatic rings. The van der Waals surface area contributed by atoms with Crippen LogP contribution in [0, 0.1) is 13.8 Å². The molecule has 0 atom stereocenters. The summed E-state index contributed by atoms with van der Waals surface area (Å²) in [5.74, 6) is -0.0441. The molecule has 0 unspecified atom stereocenters. The summed E-state index contributed by atoms with van der Waals surface area (Å²) in [6.07, 6.45) is 6.51. The number of rotatable bonds is 0. The summed E-state index contributed by atoms with van der Waals surface area (Å²) in [4.78, 5) is 15.9. The number of benzene rings is 6. The van der Waals surface area contributed by atoms with E-state index in [1.165, 1.54) is 35.4 Å². The summed E-state index contributed by atoms with van der Waals surface area (Å²) < 4.78 is 0. The molecule has 0 bridgehead atoms. The average Bonchev–Trinajstić information content (AvgIpc) is 3.26. The Bertz CT molecular complexity index is 2410. The molecule has 0 radical (unpaired) electrons. The van der Waals surface area contributed by atoms with Crippen LogP contribution in [0.4, 0.5) is 0 Å². The molecule has 0 aliphatic carbocycles. The first-order chi connectivity index (χ1) is 28.3. The third kappa shape index (κ3) is 14.2. The Morgan fingerprint density at radius 1 is 0.271 bits per heavy atom. The van der Waals surface area contributed by atoms with Crippen LogP contribution in [0.3, 0.4) is 0 Å². The van der Waals surface area contributed by atoms with E-state index in [1.807, 2.05) is 109 Å². The van der Waals surface area contributed by atoms with Crippen LogP contribution in [0.25, 0.3) is 43.6 Å². The van der Waals surface area contributed by atoms with Gasteiger partial charge in [-0.05, 0) is 59.7 Å². The van der Waals surface area contributed by atoms with Gasteiger partial charge in [-0.1, -0.05) is 192 Å². The summed E-state index contributed by atoms with van der Waals surface area (Å²) in [6, 6.07) is 55.9. The summed E-state index contributed by atoms with van der Waals surface area (Å²) in [7, 11) is 0. The molecule has 6 aromatic carbocycles. The minimum atomic E-state index is -0.0110. The van der Waals surface area contributed by atoms with Crippen molar-refractivity contribution in [1.82, 2.24) is 19.9 Å². The van der Waals surface area contributed by atoms with Gasteiger partial charge in [-0.2, -0.15) is 0 Å². The van der Waals surface area contributed by atoms with Crippen LogP contribution in [-0.2, 0) is 25.8 Å². The second-order valence-electron chi connectivity index (χ2n) is 12.6. The van der Waals surface area contributed by atoms with Crippen LogP contribution in [0.5, 0.6) is 23.0 Å². The first-order valence-electron chi connectivity index (χ1n) is 18.4. The number of para-hydroxylation sites is 4. The molecule has 59 heavy (non-hydrogen) atoms. The van der Waals surface area contributed by atoms with Crippen LogP contribution in [0.1, 0.15) is 11.1 Å². The van der Waals surface area contributed by atoms with Crippen molar-refractivity contribution in [1.29, 1.82) is 0 Å². The Hall–Kier alpha value is -6.97. The predicted molar refractivity (Wildman–Crippen MR) is 227 cm³/mol. The fourth-order valence-corrected chi connectivity index (χ4v) is 5.37. The molecule has 288 valence electrons. The van der Waals surface area contributed by atoms with Crippen molar-refractivity contribution in [2.75, 3.05) is 0 Å². The Morgan fingerprint density at radius 3 is 0.678 bits per heavy atom. The zero-order chi connectivity index (χ0) is 41.0. The van der Waals surface area contributed by atoms with Crippen molar-refractivity contribution in [2.45, 2.75) is 13.8 Å². The quantitative estimate of drug-likeness (QED) is 0.137. The fraction of sp³-hybridized carbons (Fsp3) is 0.0400. The van der Waals surface area contributed by atoms with E-state index in [4.69, 9.17) is 0 Å². The van der Waals surface area contributed by atoms with Gasteiger partial charge in [0.05, 0.1) is 22.1 Å². The van der Waals surface area contributed by atoms with Gasteiger partial charge < -0.3 is 20.4 Å². The van der Waals surface area contributed by atoms with E-state index in [1.54, 1.807) is 49.1 Å². The molecule has 0 N–H and O–H groups in total. The molecule has 0 spiro atoms. The van der Waals surface area contributed by atoms with E-state index < -0.39 is 0 Å². The van der Waals surface area contributed by atoms with Gasteiger partial charge in [-0.25, -0.2) is 0 Å². The molecule has 0 fully saturated rings. The van der Waals surface area contributed by atoms with Crippen LogP contribution >= 0.6 is 0 Å². The van der Waals surface area contributed by atoms with Gasteiger partial charge in [-0.3, -0.25) is 19.9 Å². The summed E-state index contributed by atoms with van der Waals surface area (Å²) in [5, 5.41) is 48.1. The van der Waals surface area contributed by atoms with Crippen molar-refractivity contribution in [3.63, 3.8) is 0 Å². The fourth-order valence-electron chi connectivity index (χ4n) is 5.37. The van der Waals surface area contributed by atoms with Crippen LogP contribution in [-0.4, -0.2) is 19.9 Å². The molecular formula is C50H40HfN4O4. The Labute approximate surface area is 362 Å². The van der Waals surface area contributed by atoms with E-state index in [0.29, 0.717) is 22.1 Å². The second-order valence-corrected chi connectivity index (χ2v) is 12.6. The van der Waals surface area contributed by atoms with Gasteiger partial charge in [0.1, 0.15) is 0 Å². The smallest absolute Gasteiger partial charge is 0.871 e. The molecule has 4 heterocycles. The summed E-state index contributed by atoms with van der Waals surface area (Å²) in [6.45, 7) is 4.17. The number of aryl methyl sites for hydroxylation is 2. The first kappa shape index (κ1) is 44.7. The predicted octanol–water partition coefficient (Wildman–Crippen LogP) is 9.22. The maximum Gasteiger partial charge on any atom is 4.00 e. The van der Waals surface area contributed by atoms with Crippen LogP contribution in [0.15, 0.2) is 207 Å². The third-order valence-corrected chi connectivity index (χ3v) is 8.26. The SMILES string of the molecule is Cc1ccccc1.Cc1ccccc1.[Hf+4].[O-]c1cccc2cccnc12.[O-]c1cccc2cccnc12.[O-]c1cccc2cccnc12.[O-]c1cccc2cccnc12. The number of hydrogen-bond donors (Lipinski definition) is 0. The van der Waals surface area contributed by atoms with Crippen LogP contribution in [0.2, 0.25) is 0 Å². The second kappa shape index (κ2) is 23.9. The standard InChI is InChI=1S/4C9H7NO.2C7H8.Hf/c4*11-8-5-1-3-7-4-2-6-10-9(7)8;2*1-7-5-3-2-4-6-7;/h4*1-6,11H;2*2-6H,1H3;/q;;;;;;+4/p-4. The van der Waals surface area contributed by atoms with Gasteiger partial charge in [0.15, 0.2) is 0 Å². The Morgan fingerprint density at radius 2 is 0.492 bits per heavy atom. The topological polar surface area (TPSA) is 144 Å². The van der Waals surface area contributed by atoms with Gasteiger partial charge in [0.2, 0.25) is 0 Å². The van der Waals surface area contributed by atoms with E-state index in [9.17, 15) is 20.4 Å². The van der Waals surface area contributed by atoms with Crippen molar-refractivity contribution >= 4 is 43.6 Å². The molecule has 0 saturated heterocycles. The Kier molecular flexibility index (Phi) is 18.2. The van der Waals surface area contributed by atoms with E-state index in [2.05, 4.69) is 58.0 Å². The largest absolute Gasteiger partial charge is 4.00 e. The molecule has 10 aromatic rings. The maximum absolute atomic E-state index is 11.1. The monoisotopic (exact) mass is 940 g/mol. The maximum atomic E-state index is 11.1. The van der Waals surface area contributed by atoms with Crippen molar-refractivity contribution in [3.8, 4) is 23.0 Å². The van der Waals surface area contributed by atoms with Gasteiger partial charge in [0.25, 0.3) is 0 Å². The number of fused-ring (bicyclic) bond motifs is 4. The van der Waals surface area contributed by atoms with E-state index in [0.717, 1.165) is 21.5 Å². The number of pyridine rings is 4. The third-order valence-electron chi connectivity index (χ3n) is 8.26.